The predicted octanol–water partition coefficient (Wildman–Crippen LogP) is 3.67. The van der Waals surface area contributed by atoms with Crippen LogP contribution >= 0.6 is 0 Å². The van der Waals surface area contributed by atoms with E-state index in [0.717, 1.165) is 57.3 Å². The monoisotopic (exact) mass is 322 g/mol. The first-order chi connectivity index (χ1) is 11.4. The Hall–Kier alpha value is -0.940. The molecule has 0 amide bonds. The van der Waals surface area contributed by atoms with Gasteiger partial charge in [-0.05, 0) is 37.7 Å². The van der Waals surface area contributed by atoms with E-state index in [1.807, 2.05) is 30.3 Å². The van der Waals surface area contributed by atoms with Gasteiger partial charge in [0.05, 0.1) is 19.3 Å². The number of ether oxygens (including phenoxy) is 3. The van der Waals surface area contributed by atoms with Gasteiger partial charge in [-0.25, -0.2) is 0 Å². The van der Waals surface area contributed by atoms with Crippen LogP contribution in [0.15, 0.2) is 30.3 Å². The van der Waals surface area contributed by atoms with E-state index in [4.69, 9.17) is 14.2 Å². The molecule has 0 saturated carbocycles. The molecule has 1 aromatic carbocycles. The topological polar surface area (TPSA) is 47.9 Å². The normalized spacial score (nSPS) is 19.6. The lowest BCUT2D eigenvalue weighted by Gasteiger charge is -2.22. The van der Waals surface area contributed by atoms with Crippen molar-refractivity contribution < 1.29 is 19.3 Å². The third-order valence-electron chi connectivity index (χ3n) is 4.14. The maximum absolute atomic E-state index is 9.41. The predicted molar refractivity (Wildman–Crippen MR) is 90.1 cm³/mol. The first kappa shape index (κ1) is 18.4. The van der Waals surface area contributed by atoms with Gasteiger partial charge in [0.15, 0.2) is 6.29 Å². The first-order valence-corrected chi connectivity index (χ1v) is 8.88. The van der Waals surface area contributed by atoms with E-state index in [2.05, 4.69) is 0 Å². The van der Waals surface area contributed by atoms with Gasteiger partial charge in [0.1, 0.15) is 0 Å². The zero-order valence-electron chi connectivity index (χ0n) is 14.0. The molecule has 1 aliphatic rings. The highest BCUT2D eigenvalue weighted by Crippen LogP contribution is 2.15. The quantitative estimate of drug-likeness (QED) is 0.632. The zero-order valence-corrected chi connectivity index (χ0v) is 14.0. The number of unbranched alkanes of at least 4 members (excludes halogenated alkanes) is 2. The maximum Gasteiger partial charge on any atom is 0.157 e. The number of aliphatic hydroxyl groups excluding tert-OH is 1. The lowest BCUT2D eigenvalue weighted by Crippen LogP contribution is -2.22. The summed E-state index contributed by atoms with van der Waals surface area (Å²) in [4.78, 5) is 0. The van der Waals surface area contributed by atoms with Gasteiger partial charge in [0.2, 0.25) is 0 Å². The van der Waals surface area contributed by atoms with Crippen molar-refractivity contribution in [1.82, 2.24) is 0 Å². The van der Waals surface area contributed by atoms with E-state index in [1.165, 1.54) is 6.42 Å². The fourth-order valence-corrected chi connectivity index (χ4v) is 2.72. The van der Waals surface area contributed by atoms with Crippen molar-refractivity contribution >= 4 is 0 Å². The maximum atomic E-state index is 9.41. The molecule has 1 fully saturated rings. The third kappa shape index (κ3) is 7.93. The smallest absolute Gasteiger partial charge is 0.157 e. The van der Waals surface area contributed by atoms with Crippen LogP contribution in [-0.2, 0) is 20.8 Å². The minimum Gasteiger partial charge on any atom is -0.394 e. The van der Waals surface area contributed by atoms with Gasteiger partial charge in [-0.15, -0.1) is 0 Å². The van der Waals surface area contributed by atoms with Crippen LogP contribution in [-0.4, -0.2) is 37.3 Å². The number of aliphatic hydroxyl groups is 1. The molecule has 23 heavy (non-hydrogen) atoms. The summed E-state index contributed by atoms with van der Waals surface area (Å²) in [5.41, 5.74) is 1.15. The number of rotatable bonds is 11. The highest BCUT2D eigenvalue weighted by Gasteiger charge is 2.13. The minimum atomic E-state index is -0.0715. The molecule has 130 valence electrons. The van der Waals surface area contributed by atoms with Crippen molar-refractivity contribution in [3.8, 4) is 0 Å². The minimum absolute atomic E-state index is 0.0168. The molecule has 1 N–H and O–H groups in total. The molecule has 0 bridgehead atoms. The summed E-state index contributed by atoms with van der Waals surface area (Å²) in [5.74, 6) is 0. The van der Waals surface area contributed by atoms with Gasteiger partial charge in [0, 0.05) is 13.2 Å². The van der Waals surface area contributed by atoms with Crippen molar-refractivity contribution in [2.24, 2.45) is 0 Å². The summed E-state index contributed by atoms with van der Waals surface area (Å²) in [7, 11) is 0. The Morgan fingerprint density at radius 1 is 1.13 bits per heavy atom. The molecular formula is C19H30O4. The van der Waals surface area contributed by atoms with Gasteiger partial charge in [-0.3, -0.25) is 0 Å². The van der Waals surface area contributed by atoms with Crippen LogP contribution in [0.4, 0.5) is 0 Å². The molecule has 4 heteroatoms. The molecule has 1 heterocycles. The zero-order chi connectivity index (χ0) is 16.2. The molecule has 2 atom stereocenters. The van der Waals surface area contributed by atoms with Gasteiger partial charge in [0.25, 0.3) is 0 Å². The highest BCUT2D eigenvalue weighted by molar-refractivity contribution is 5.13. The Morgan fingerprint density at radius 3 is 2.74 bits per heavy atom. The lowest BCUT2D eigenvalue weighted by molar-refractivity contribution is -0.162. The van der Waals surface area contributed by atoms with Crippen molar-refractivity contribution in [2.45, 2.75) is 63.9 Å². The van der Waals surface area contributed by atoms with Crippen molar-refractivity contribution in [1.29, 1.82) is 0 Å². The average molecular weight is 322 g/mol. The van der Waals surface area contributed by atoms with E-state index in [9.17, 15) is 5.11 Å². The van der Waals surface area contributed by atoms with E-state index in [0.29, 0.717) is 6.61 Å². The Morgan fingerprint density at radius 2 is 2.00 bits per heavy atom. The van der Waals surface area contributed by atoms with Crippen molar-refractivity contribution in [2.75, 3.05) is 19.8 Å². The second-order valence-electron chi connectivity index (χ2n) is 6.12. The van der Waals surface area contributed by atoms with E-state index < -0.39 is 0 Å². The molecule has 2 rings (SSSR count). The second-order valence-corrected chi connectivity index (χ2v) is 6.12. The van der Waals surface area contributed by atoms with Gasteiger partial charge >= 0.3 is 0 Å². The fraction of sp³-hybridized carbons (Fsp3) is 0.684. The summed E-state index contributed by atoms with van der Waals surface area (Å²) in [6.45, 7) is 2.24. The fourth-order valence-electron chi connectivity index (χ4n) is 2.72. The van der Waals surface area contributed by atoms with E-state index in [-0.39, 0.29) is 19.0 Å². The van der Waals surface area contributed by atoms with Crippen LogP contribution in [0, 0.1) is 0 Å². The van der Waals surface area contributed by atoms with Crippen LogP contribution < -0.4 is 0 Å². The van der Waals surface area contributed by atoms with Crippen LogP contribution in [0.2, 0.25) is 0 Å². The number of hydrogen-bond donors (Lipinski definition) is 1. The van der Waals surface area contributed by atoms with Crippen molar-refractivity contribution in [3.63, 3.8) is 0 Å². The number of hydrogen-bond acceptors (Lipinski definition) is 4. The highest BCUT2D eigenvalue weighted by atomic mass is 16.7. The molecule has 0 aliphatic carbocycles. The lowest BCUT2D eigenvalue weighted by atomic mass is 10.1. The largest absolute Gasteiger partial charge is 0.394 e. The Kier molecular flexibility index (Phi) is 9.26. The van der Waals surface area contributed by atoms with Crippen LogP contribution in [0.3, 0.4) is 0 Å². The summed E-state index contributed by atoms with van der Waals surface area (Å²) < 4.78 is 17.0. The average Bonchev–Trinajstić information content (AvgIpc) is 2.62. The molecule has 4 nitrogen and oxygen atoms in total. The first-order valence-electron chi connectivity index (χ1n) is 8.88. The SMILES string of the molecule is OCC(CCCCCOC1CCCCO1)OCc1ccccc1. The molecule has 0 radical (unpaired) electrons. The van der Waals surface area contributed by atoms with Gasteiger partial charge < -0.3 is 19.3 Å². The molecule has 0 spiro atoms. The summed E-state index contributed by atoms with van der Waals surface area (Å²) in [5, 5.41) is 9.41. The molecule has 1 aliphatic heterocycles. The van der Waals surface area contributed by atoms with Crippen LogP contribution in [0.5, 0.6) is 0 Å². The van der Waals surface area contributed by atoms with Crippen LogP contribution in [0.25, 0.3) is 0 Å². The van der Waals surface area contributed by atoms with E-state index >= 15 is 0 Å². The summed E-state index contributed by atoms with van der Waals surface area (Å²) >= 11 is 0. The molecule has 0 aromatic heterocycles. The molecule has 2 unspecified atom stereocenters. The Bertz CT molecular complexity index is 390. The van der Waals surface area contributed by atoms with E-state index in [1.54, 1.807) is 0 Å². The summed E-state index contributed by atoms with van der Waals surface area (Å²) in [6, 6.07) is 10.1. The van der Waals surface area contributed by atoms with Crippen molar-refractivity contribution in [3.05, 3.63) is 35.9 Å². The standard InChI is InChI=1S/C19H30O4/c20-15-18(23-16-17-9-3-1-4-10-17)11-5-2-7-13-21-19-12-6-8-14-22-19/h1,3-4,9-10,18-20H,2,5-8,11-16H2. The Labute approximate surface area is 139 Å². The molecule has 1 saturated heterocycles. The molecular weight excluding hydrogens is 292 g/mol. The number of benzene rings is 1. The Balaban J connectivity index is 1.48. The van der Waals surface area contributed by atoms with Crippen LogP contribution in [0.1, 0.15) is 50.5 Å². The summed E-state index contributed by atoms with van der Waals surface area (Å²) in [6.07, 6.45) is 7.42. The van der Waals surface area contributed by atoms with Gasteiger partial charge in [-0.2, -0.15) is 0 Å². The second kappa shape index (κ2) is 11.6. The van der Waals surface area contributed by atoms with Gasteiger partial charge in [-0.1, -0.05) is 43.2 Å². The third-order valence-corrected chi connectivity index (χ3v) is 4.14. The molecule has 1 aromatic rings.